The summed E-state index contributed by atoms with van der Waals surface area (Å²) in [6, 6.07) is 0. The van der Waals surface area contributed by atoms with E-state index in [1.807, 2.05) is 0 Å². The van der Waals surface area contributed by atoms with Crippen LogP contribution in [0.1, 0.15) is 6.92 Å². The van der Waals surface area contributed by atoms with Gasteiger partial charge in [0.2, 0.25) is 0 Å². The summed E-state index contributed by atoms with van der Waals surface area (Å²) in [5.41, 5.74) is 1.38. The summed E-state index contributed by atoms with van der Waals surface area (Å²) in [5.74, 6) is 2.06. The Bertz CT molecular complexity index is 94.3. The van der Waals surface area contributed by atoms with Crippen molar-refractivity contribution in [3.8, 4) is 0 Å². The second-order valence-corrected chi connectivity index (χ2v) is 2.13. The smallest absolute Gasteiger partial charge is 0.0351 e. The fraction of sp³-hybridized carbons (Fsp3) is 0.600. The Morgan fingerprint density at radius 3 is 2.43 bits per heavy atom. The molecule has 0 radical (unpaired) electrons. The first-order chi connectivity index (χ1) is 3.34. The van der Waals surface area contributed by atoms with Crippen molar-refractivity contribution in [1.82, 2.24) is 4.90 Å². The minimum Gasteiger partial charge on any atom is -0.371 e. The molecule has 2 heteroatoms. The first-order valence-corrected chi connectivity index (χ1v) is 3.14. The van der Waals surface area contributed by atoms with E-state index in [0.717, 1.165) is 0 Å². The minimum absolute atomic E-state index is 1.26. The maximum atomic E-state index is 2.60. The number of rotatable bonds is 1. The van der Waals surface area contributed by atoms with Crippen LogP contribution in [0.15, 0.2) is 11.5 Å². The number of nitrogens with zero attached hydrogens (tertiary/aromatic N) is 1. The minimum atomic E-state index is 1.26. The van der Waals surface area contributed by atoms with Crippen LogP contribution >= 0.6 is 9.24 Å². The van der Waals surface area contributed by atoms with E-state index >= 15 is 0 Å². The molecule has 0 aliphatic carbocycles. The molecule has 0 aromatic heterocycles. The highest BCUT2D eigenvalue weighted by Crippen LogP contribution is 2.13. The maximum Gasteiger partial charge on any atom is 0.0351 e. The molecular weight excluding hydrogens is 105 g/mol. The van der Waals surface area contributed by atoms with Crippen molar-refractivity contribution in [3.63, 3.8) is 0 Å². The Morgan fingerprint density at radius 1 is 1.71 bits per heavy atom. The van der Waals surface area contributed by atoms with Gasteiger partial charge in [0, 0.05) is 18.8 Å². The summed E-state index contributed by atoms with van der Waals surface area (Å²) >= 11 is 0. The van der Waals surface area contributed by atoms with E-state index in [1.54, 1.807) is 0 Å². The fourth-order valence-corrected chi connectivity index (χ4v) is 0.719. The van der Waals surface area contributed by atoms with Crippen LogP contribution in [-0.4, -0.2) is 18.0 Å². The molecule has 7 heavy (non-hydrogen) atoms. The lowest BCUT2D eigenvalue weighted by molar-refractivity contribution is 0.701. The van der Waals surface area contributed by atoms with E-state index in [-0.39, 0.29) is 0 Å². The summed E-state index contributed by atoms with van der Waals surface area (Å²) in [6.45, 7) is 4.65. The second-order valence-electron chi connectivity index (χ2n) is 1.80. The number of hydrogen-bond acceptors (Lipinski definition) is 1. The Labute approximate surface area is 46.6 Å². The van der Waals surface area contributed by atoms with Crippen molar-refractivity contribution < 1.29 is 0 Å². The molecule has 1 unspecified atom stereocenters. The van der Waals surface area contributed by atoms with Gasteiger partial charge in [-0.2, -0.15) is 0 Å². The van der Waals surface area contributed by atoms with Crippen molar-refractivity contribution in [1.29, 1.82) is 0 Å². The third-order valence-electron chi connectivity index (χ3n) is 1.19. The molecule has 0 aromatic carbocycles. The predicted molar refractivity (Wildman–Crippen MR) is 35.0 cm³/mol. The van der Waals surface area contributed by atoms with E-state index in [4.69, 9.17) is 0 Å². The van der Waals surface area contributed by atoms with Crippen molar-refractivity contribution in [2.24, 2.45) is 0 Å². The van der Waals surface area contributed by atoms with E-state index in [1.165, 1.54) is 18.8 Å². The normalized spacial score (nSPS) is 20.3. The molecule has 0 amide bonds. The fourth-order valence-electron chi connectivity index (χ4n) is 0.508. The Hall–Kier alpha value is -0.0300. The summed E-state index contributed by atoms with van der Waals surface area (Å²) in [5, 5.41) is 0. The molecule has 1 heterocycles. The highest BCUT2D eigenvalue weighted by atomic mass is 31.0. The quantitative estimate of drug-likeness (QED) is 0.364. The zero-order chi connectivity index (χ0) is 5.28. The van der Waals surface area contributed by atoms with E-state index in [2.05, 4.69) is 26.9 Å². The second kappa shape index (κ2) is 1.83. The maximum absolute atomic E-state index is 2.60. The monoisotopic (exact) mass is 115 g/mol. The lowest BCUT2D eigenvalue weighted by atomic mass is 10.6. The van der Waals surface area contributed by atoms with Gasteiger partial charge in [0.25, 0.3) is 0 Å². The first kappa shape index (κ1) is 5.11. The van der Waals surface area contributed by atoms with E-state index in [0.29, 0.717) is 0 Å². The Balaban J connectivity index is 2.37. The Morgan fingerprint density at radius 2 is 2.29 bits per heavy atom. The molecule has 1 aliphatic heterocycles. The van der Waals surface area contributed by atoms with Crippen molar-refractivity contribution in [2.75, 3.05) is 13.1 Å². The van der Waals surface area contributed by atoms with Crippen LogP contribution in [0.4, 0.5) is 0 Å². The van der Waals surface area contributed by atoms with Gasteiger partial charge in [-0.1, -0.05) is 0 Å². The molecule has 1 saturated heterocycles. The predicted octanol–water partition coefficient (Wildman–Crippen LogP) is 1.04. The summed E-state index contributed by atoms with van der Waals surface area (Å²) in [6.07, 6.45) is 0. The van der Waals surface area contributed by atoms with Gasteiger partial charge in [0.1, 0.15) is 0 Å². The molecular formula is C5H10NP. The molecule has 1 fully saturated rings. The molecule has 0 aromatic rings. The largest absolute Gasteiger partial charge is 0.371 e. The van der Waals surface area contributed by atoms with Gasteiger partial charge in [-0.05, 0) is 12.7 Å². The zero-order valence-corrected chi connectivity index (χ0v) is 5.67. The average molecular weight is 115 g/mol. The lowest BCUT2D eigenvalue weighted by Crippen LogP contribution is -1.88. The van der Waals surface area contributed by atoms with Crippen LogP contribution < -0.4 is 0 Å². The topological polar surface area (TPSA) is 3.01 Å². The summed E-state index contributed by atoms with van der Waals surface area (Å²) < 4.78 is 0. The van der Waals surface area contributed by atoms with Gasteiger partial charge in [0.15, 0.2) is 0 Å². The standard InChI is InChI=1S/C5H10NP/c1-5(4-7)6-2-3-6/h4H,2-3,7H2,1H3/b5-4+. The number of allylic oxidation sites excluding steroid dienone is 1. The molecule has 1 atom stereocenters. The molecule has 1 rings (SSSR count). The zero-order valence-electron chi connectivity index (χ0n) is 4.52. The third kappa shape index (κ3) is 1.17. The highest BCUT2D eigenvalue weighted by molar-refractivity contribution is 7.20. The van der Waals surface area contributed by atoms with Crippen LogP contribution in [0.5, 0.6) is 0 Å². The van der Waals surface area contributed by atoms with Crippen molar-refractivity contribution >= 4 is 9.24 Å². The van der Waals surface area contributed by atoms with Gasteiger partial charge >= 0.3 is 0 Å². The van der Waals surface area contributed by atoms with Gasteiger partial charge in [0.05, 0.1) is 0 Å². The van der Waals surface area contributed by atoms with Crippen LogP contribution in [0.25, 0.3) is 0 Å². The Kier molecular flexibility index (Phi) is 1.34. The molecule has 1 nitrogen and oxygen atoms in total. The SMILES string of the molecule is C/C(=C\P)N1CC1. The molecule has 40 valence electrons. The van der Waals surface area contributed by atoms with Crippen LogP contribution in [0.2, 0.25) is 0 Å². The molecule has 1 aliphatic rings. The lowest BCUT2D eigenvalue weighted by Gasteiger charge is -1.96. The van der Waals surface area contributed by atoms with Crippen molar-refractivity contribution in [3.05, 3.63) is 11.5 Å². The van der Waals surface area contributed by atoms with Crippen LogP contribution in [0, 0.1) is 0 Å². The van der Waals surface area contributed by atoms with Crippen LogP contribution in [-0.2, 0) is 0 Å². The molecule has 0 bridgehead atoms. The molecule has 0 spiro atoms. The van der Waals surface area contributed by atoms with E-state index < -0.39 is 0 Å². The summed E-state index contributed by atoms with van der Waals surface area (Å²) in [7, 11) is 2.60. The van der Waals surface area contributed by atoms with Gasteiger partial charge < -0.3 is 4.90 Å². The highest BCUT2D eigenvalue weighted by Gasteiger charge is 2.15. The van der Waals surface area contributed by atoms with E-state index in [9.17, 15) is 0 Å². The van der Waals surface area contributed by atoms with Gasteiger partial charge in [-0.15, -0.1) is 9.24 Å². The molecule has 0 N–H and O–H groups in total. The average Bonchev–Trinajstić information content (AvgIpc) is 2.44. The van der Waals surface area contributed by atoms with Crippen LogP contribution in [0.3, 0.4) is 0 Å². The first-order valence-electron chi connectivity index (χ1n) is 2.48. The number of hydrogen-bond donors (Lipinski definition) is 0. The van der Waals surface area contributed by atoms with Gasteiger partial charge in [-0.3, -0.25) is 0 Å². The molecule has 0 saturated carbocycles. The summed E-state index contributed by atoms with van der Waals surface area (Å²) in [4.78, 5) is 2.31. The van der Waals surface area contributed by atoms with Crippen molar-refractivity contribution in [2.45, 2.75) is 6.92 Å². The third-order valence-corrected chi connectivity index (χ3v) is 1.67. The van der Waals surface area contributed by atoms with Gasteiger partial charge in [-0.25, -0.2) is 0 Å².